The Labute approximate surface area is 231 Å². The molecule has 3 heterocycles. The summed E-state index contributed by atoms with van der Waals surface area (Å²) in [7, 11) is -2.50. The Kier molecular flexibility index (Phi) is 8.13. The number of nitriles is 1. The summed E-state index contributed by atoms with van der Waals surface area (Å²) in [6.45, 7) is 0.959. The van der Waals surface area contributed by atoms with E-state index in [1.807, 2.05) is 30.3 Å². The van der Waals surface area contributed by atoms with Crippen molar-refractivity contribution in [1.82, 2.24) is 15.3 Å². The van der Waals surface area contributed by atoms with Crippen LogP contribution in [0.15, 0.2) is 42.6 Å². The Bertz CT molecular complexity index is 1350. The summed E-state index contributed by atoms with van der Waals surface area (Å²) in [5.74, 6) is -1.17. The van der Waals surface area contributed by atoms with E-state index in [2.05, 4.69) is 15.2 Å². The second-order valence-electron chi connectivity index (χ2n) is 9.84. The molecule has 8 nitrogen and oxygen atoms in total. The van der Waals surface area contributed by atoms with Crippen LogP contribution in [0.3, 0.4) is 0 Å². The van der Waals surface area contributed by atoms with Crippen LogP contribution >= 0.6 is 21.9 Å². The average molecular weight is 574 g/mol. The molecule has 1 aliphatic heterocycles. The highest BCUT2D eigenvalue weighted by Gasteiger charge is 2.39. The second-order valence-corrected chi connectivity index (χ2v) is 13.3. The third-order valence-corrected chi connectivity index (χ3v) is 10.1. The van der Waals surface area contributed by atoms with Crippen molar-refractivity contribution in [2.24, 2.45) is 5.92 Å². The number of alkyl halides is 1. The van der Waals surface area contributed by atoms with E-state index >= 15 is 0 Å². The highest BCUT2D eigenvalue weighted by Crippen LogP contribution is 2.46. The molecule has 3 atom stereocenters. The summed E-state index contributed by atoms with van der Waals surface area (Å²) < 4.78 is 47.9. The number of carbonyl (C=O) groups is 1. The highest BCUT2D eigenvalue weighted by atomic mass is 32.3. The van der Waals surface area contributed by atoms with Crippen molar-refractivity contribution >= 4 is 33.5 Å². The molecule has 39 heavy (non-hydrogen) atoms. The van der Waals surface area contributed by atoms with Gasteiger partial charge in [-0.05, 0) is 49.1 Å². The topological polar surface area (TPSA) is 122 Å². The van der Waals surface area contributed by atoms with Gasteiger partial charge in [-0.25, -0.2) is 13.8 Å². The maximum atomic E-state index is 14.5. The molecule has 3 aromatic rings. The first-order chi connectivity index (χ1) is 18.7. The number of carbonyl (C=O) groups excluding carboxylic acids is 1. The van der Waals surface area contributed by atoms with E-state index in [0.29, 0.717) is 53.8 Å². The maximum absolute atomic E-state index is 14.5. The maximum Gasteiger partial charge on any atom is 0.224 e. The molecule has 2 aromatic heterocycles. The quantitative estimate of drug-likeness (QED) is 0.336. The van der Waals surface area contributed by atoms with Crippen LogP contribution in [0.25, 0.3) is 21.1 Å². The third kappa shape index (κ3) is 6.22. The van der Waals surface area contributed by atoms with E-state index in [9.17, 15) is 22.7 Å². The second kappa shape index (κ2) is 11.6. The van der Waals surface area contributed by atoms with Crippen molar-refractivity contribution in [1.29, 1.82) is 5.26 Å². The number of amides is 1. The monoisotopic (exact) mass is 573 g/mol. The van der Waals surface area contributed by atoms with Gasteiger partial charge in [0.25, 0.3) is 0 Å². The molecule has 1 saturated heterocycles. The Morgan fingerprint density at radius 2 is 1.92 bits per heavy atom. The normalized spacial score (nSPS) is 23.6. The molecule has 206 valence electrons. The van der Waals surface area contributed by atoms with Gasteiger partial charge in [-0.3, -0.25) is 18.9 Å². The van der Waals surface area contributed by atoms with Crippen LogP contribution in [-0.4, -0.2) is 62.3 Å². The number of hydrogen-bond acceptors (Lipinski definition) is 8. The smallest absolute Gasteiger partial charge is 0.224 e. The van der Waals surface area contributed by atoms with E-state index in [0.717, 1.165) is 22.3 Å². The van der Waals surface area contributed by atoms with E-state index in [4.69, 9.17) is 10.2 Å². The predicted octanol–water partition coefficient (Wildman–Crippen LogP) is 5.44. The van der Waals surface area contributed by atoms with Gasteiger partial charge in [0.2, 0.25) is 5.91 Å². The molecule has 2 fully saturated rings. The van der Waals surface area contributed by atoms with Crippen molar-refractivity contribution in [3.05, 3.63) is 54.1 Å². The summed E-state index contributed by atoms with van der Waals surface area (Å²) >= 11 is 1.39. The Balaban J connectivity index is 1.51. The highest BCUT2D eigenvalue weighted by molar-refractivity contribution is 8.24. The molecule has 0 spiro atoms. The van der Waals surface area contributed by atoms with Gasteiger partial charge in [-0.2, -0.15) is 15.9 Å². The number of halogens is 2. The molecule has 1 aliphatic carbocycles. The van der Waals surface area contributed by atoms with Crippen LogP contribution in [0.1, 0.15) is 30.9 Å². The lowest BCUT2D eigenvalue weighted by molar-refractivity contribution is -0.127. The fourth-order valence-corrected chi connectivity index (χ4v) is 7.55. The first-order valence-electron chi connectivity index (χ1n) is 12.7. The van der Waals surface area contributed by atoms with Gasteiger partial charge in [0.1, 0.15) is 23.5 Å². The van der Waals surface area contributed by atoms with Gasteiger partial charge in [0.15, 0.2) is 0 Å². The Morgan fingerprint density at radius 3 is 2.59 bits per heavy atom. The fraction of sp³-hybridized carbons (Fsp3) is 0.407. The average Bonchev–Trinajstić information content (AvgIpc) is 3.37. The number of hydrogen-bond donors (Lipinski definition) is 3. The minimum atomic E-state index is -2.50. The zero-order valence-corrected chi connectivity index (χ0v) is 22.7. The minimum Gasteiger partial charge on any atom is -0.368 e. The number of anilines is 1. The lowest BCUT2D eigenvalue weighted by Crippen LogP contribution is -2.38. The summed E-state index contributed by atoms with van der Waals surface area (Å²) in [5, 5.41) is 12.1. The van der Waals surface area contributed by atoms with Gasteiger partial charge in [0.05, 0.1) is 40.0 Å². The number of pyridine rings is 1. The molecule has 1 saturated carbocycles. The van der Waals surface area contributed by atoms with Gasteiger partial charge in [-0.15, -0.1) is 11.3 Å². The Morgan fingerprint density at radius 1 is 1.18 bits per heavy atom. The van der Waals surface area contributed by atoms with Crippen LogP contribution in [-0.2, 0) is 4.79 Å². The SMILES string of the molecule is N#CCNC(=O)[C@@H]1C[C@@H](F)CC[C@H]1c1nc(-c2ccc(F)cn2)sc1-c1ccc(N2CCS(O)(O)CC2)cc1. The Hall–Kier alpha value is -3.11. The first-order valence-corrected chi connectivity index (χ1v) is 15.4. The molecule has 2 aliphatic rings. The molecule has 0 bridgehead atoms. The van der Waals surface area contributed by atoms with E-state index in [-0.39, 0.29) is 24.8 Å². The van der Waals surface area contributed by atoms with Gasteiger partial charge in [0, 0.05) is 30.6 Å². The number of nitrogens with one attached hydrogen (secondary N) is 1. The summed E-state index contributed by atoms with van der Waals surface area (Å²) in [5.41, 5.74) is 3.01. The molecular weight excluding hydrogens is 544 g/mol. The van der Waals surface area contributed by atoms with E-state index < -0.39 is 28.5 Å². The lowest BCUT2D eigenvalue weighted by Gasteiger charge is -2.41. The van der Waals surface area contributed by atoms with Crippen LogP contribution in [0.2, 0.25) is 0 Å². The molecule has 5 rings (SSSR count). The van der Waals surface area contributed by atoms with E-state index in [1.54, 1.807) is 6.07 Å². The number of nitrogens with zero attached hydrogens (tertiary/aromatic N) is 4. The standard InChI is InChI=1S/C27H29F2N5O3S2/c28-18-3-7-21(22(15-18)26(35)31-10-9-30)24-25(38-27(33-24)23-8-4-19(29)16-32-23)17-1-5-20(6-2-17)34-11-13-39(36,37)14-12-34/h1-2,4-6,8,16,18,21-22,36-37H,3,7,10-15H2,(H,31,35)/t18-,21+,22+/m0/s1. The van der Waals surface area contributed by atoms with Crippen LogP contribution in [0.4, 0.5) is 14.5 Å². The lowest BCUT2D eigenvalue weighted by atomic mass is 9.75. The van der Waals surface area contributed by atoms with Crippen molar-refractivity contribution in [3.63, 3.8) is 0 Å². The van der Waals surface area contributed by atoms with Crippen molar-refractivity contribution < 1.29 is 22.7 Å². The summed E-state index contributed by atoms with van der Waals surface area (Å²) in [6.07, 6.45) is 0.806. The molecular formula is C27H29F2N5O3S2. The zero-order valence-electron chi connectivity index (χ0n) is 21.1. The molecule has 12 heteroatoms. The van der Waals surface area contributed by atoms with E-state index in [1.165, 1.54) is 17.4 Å². The van der Waals surface area contributed by atoms with Gasteiger partial charge < -0.3 is 10.2 Å². The molecule has 1 aromatic carbocycles. The van der Waals surface area contributed by atoms with Crippen molar-refractivity contribution in [2.75, 3.05) is 36.0 Å². The first kappa shape index (κ1) is 27.5. The largest absolute Gasteiger partial charge is 0.368 e. The molecule has 0 radical (unpaired) electrons. The van der Waals surface area contributed by atoms with Crippen LogP contribution in [0, 0.1) is 23.1 Å². The predicted molar refractivity (Wildman–Crippen MR) is 149 cm³/mol. The molecule has 3 N–H and O–H groups in total. The zero-order chi connectivity index (χ0) is 27.6. The molecule has 1 amide bonds. The third-order valence-electron chi connectivity index (χ3n) is 7.29. The number of benzene rings is 1. The van der Waals surface area contributed by atoms with Gasteiger partial charge in [-0.1, -0.05) is 12.1 Å². The minimum absolute atomic E-state index is 0.0517. The number of aromatic nitrogens is 2. The molecule has 0 unspecified atom stereocenters. The van der Waals surface area contributed by atoms with Gasteiger partial charge >= 0.3 is 0 Å². The fourth-order valence-electron chi connectivity index (χ4n) is 5.20. The number of thiazole rings is 1. The van der Waals surface area contributed by atoms with Crippen LogP contribution in [0.5, 0.6) is 0 Å². The number of rotatable bonds is 6. The van der Waals surface area contributed by atoms with Crippen molar-refractivity contribution in [3.8, 4) is 27.2 Å². The van der Waals surface area contributed by atoms with Crippen LogP contribution < -0.4 is 10.2 Å². The summed E-state index contributed by atoms with van der Waals surface area (Å²) in [6, 6.07) is 12.6. The van der Waals surface area contributed by atoms with Crippen molar-refractivity contribution in [2.45, 2.75) is 31.4 Å². The summed E-state index contributed by atoms with van der Waals surface area (Å²) in [4.78, 5) is 25.0.